The van der Waals surface area contributed by atoms with E-state index in [0.29, 0.717) is 11.3 Å². The summed E-state index contributed by atoms with van der Waals surface area (Å²) in [5.41, 5.74) is 0.438. The SMILES string of the molecule is Cc1ccc(-n2nc(C(=O)NCc3cccnc3)c(=O)n(Cc3cccc(F)c3)c2=O)cc1. The van der Waals surface area contributed by atoms with Crippen molar-refractivity contribution >= 4 is 5.91 Å². The van der Waals surface area contributed by atoms with Crippen molar-refractivity contribution in [3.8, 4) is 5.69 Å². The van der Waals surface area contributed by atoms with E-state index in [1.165, 1.54) is 18.2 Å². The zero-order valence-electron chi connectivity index (χ0n) is 17.7. The van der Waals surface area contributed by atoms with E-state index in [1.54, 1.807) is 54.9 Å². The normalized spacial score (nSPS) is 10.7. The number of aryl methyl sites for hydroxylation is 1. The molecule has 0 unspecified atom stereocenters. The molecule has 4 rings (SSSR count). The van der Waals surface area contributed by atoms with E-state index in [0.717, 1.165) is 20.4 Å². The van der Waals surface area contributed by atoms with E-state index in [4.69, 9.17) is 0 Å². The lowest BCUT2D eigenvalue weighted by molar-refractivity contribution is 0.0941. The van der Waals surface area contributed by atoms with Gasteiger partial charge in [0, 0.05) is 18.9 Å². The van der Waals surface area contributed by atoms with Crippen LogP contribution in [0.1, 0.15) is 27.2 Å². The fourth-order valence-electron chi connectivity index (χ4n) is 3.24. The van der Waals surface area contributed by atoms with Crippen molar-refractivity contribution in [2.45, 2.75) is 20.0 Å². The molecule has 0 aliphatic rings. The van der Waals surface area contributed by atoms with Crippen LogP contribution in [0.25, 0.3) is 5.69 Å². The van der Waals surface area contributed by atoms with Crippen LogP contribution >= 0.6 is 0 Å². The number of halogens is 1. The minimum Gasteiger partial charge on any atom is -0.346 e. The average Bonchev–Trinajstić information content (AvgIpc) is 2.82. The van der Waals surface area contributed by atoms with Crippen molar-refractivity contribution in [1.82, 2.24) is 24.6 Å². The van der Waals surface area contributed by atoms with Gasteiger partial charge in [-0.3, -0.25) is 19.1 Å². The molecule has 0 spiro atoms. The van der Waals surface area contributed by atoms with Crippen LogP contribution in [0.4, 0.5) is 4.39 Å². The second kappa shape index (κ2) is 9.39. The van der Waals surface area contributed by atoms with Crippen LogP contribution in [0.15, 0.2) is 82.6 Å². The molecule has 1 N–H and O–H groups in total. The topological polar surface area (TPSA) is 98.9 Å². The predicted molar refractivity (Wildman–Crippen MR) is 120 cm³/mol. The fraction of sp³-hybridized carbons (Fsp3) is 0.125. The highest BCUT2D eigenvalue weighted by molar-refractivity contribution is 5.91. The number of aromatic nitrogens is 4. The van der Waals surface area contributed by atoms with Gasteiger partial charge in [-0.15, -0.1) is 0 Å². The second-order valence-electron chi connectivity index (χ2n) is 7.44. The molecule has 0 aliphatic heterocycles. The Kier molecular flexibility index (Phi) is 6.21. The first-order chi connectivity index (χ1) is 15.9. The number of carbonyl (C=O) groups is 1. The van der Waals surface area contributed by atoms with Gasteiger partial charge in [-0.25, -0.2) is 9.18 Å². The van der Waals surface area contributed by atoms with Gasteiger partial charge in [-0.05, 0) is 48.4 Å². The highest BCUT2D eigenvalue weighted by Crippen LogP contribution is 2.07. The fourth-order valence-corrected chi connectivity index (χ4v) is 3.24. The van der Waals surface area contributed by atoms with Gasteiger partial charge in [0.25, 0.3) is 11.5 Å². The maximum absolute atomic E-state index is 13.7. The van der Waals surface area contributed by atoms with E-state index in [9.17, 15) is 18.8 Å². The van der Waals surface area contributed by atoms with Gasteiger partial charge in [-0.2, -0.15) is 9.78 Å². The van der Waals surface area contributed by atoms with E-state index in [1.807, 2.05) is 6.92 Å². The van der Waals surface area contributed by atoms with Crippen LogP contribution in [0, 0.1) is 12.7 Å². The summed E-state index contributed by atoms with van der Waals surface area (Å²) in [6.07, 6.45) is 3.19. The first kappa shape index (κ1) is 21.8. The molecule has 33 heavy (non-hydrogen) atoms. The van der Waals surface area contributed by atoms with E-state index < -0.39 is 28.7 Å². The van der Waals surface area contributed by atoms with Crippen LogP contribution in [-0.2, 0) is 13.1 Å². The van der Waals surface area contributed by atoms with Crippen molar-refractivity contribution < 1.29 is 9.18 Å². The van der Waals surface area contributed by atoms with Crippen LogP contribution in [0.5, 0.6) is 0 Å². The highest BCUT2D eigenvalue weighted by atomic mass is 19.1. The largest absolute Gasteiger partial charge is 0.352 e. The van der Waals surface area contributed by atoms with Crippen molar-refractivity contribution in [2.24, 2.45) is 0 Å². The van der Waals surface area contributed by atoms with Gasteiger partial charge < -0.3 is 5.32 Å². The number of hydrogen-bond acceptors (Lipinski definition) is 5. The number of benzene rings is 2. The Morgan fingerprint density at radius 1 is 1.03 bits per heavy atom. The Balaban J connectivity index is 1.78. The summed E-state index contributed by atoms with van der Waals surface area (Å²) in [6, 6.07) is 16.0. The number of amides is 1. The average molecular weight is 445 g/mol. The third kappa shape index (κ3) is 4.93. The van der Waals surface area contributed by atoms with Crippen molar-refractivity contribution in [2.75, 3.05) is 0 Å². The maximum Gasteiger partial charge on any atom is 0.352 e. The Hall–Kier alpha value is -4.40. The molecular formula is C24H20FN5O3. The molecule has 1 amide bonds. The summed E-state index contributed by atoms with van der Waals surface area (Å²) >= 11 is 0. The molecule has 2 heterocycles. The smallest absolute Gasteiger partial charge is 0.346 e. The zero-order chi connectivity index (χ0) is 23.4. The summed E-state index contributed by atoms with van der Waals surface area (Å²) in [5, 5.41) is 6.71. The van der Waals surface area contributed by atoms with Gasteiger partial charge in [0.1, 0.15) is 5.82 Å². The number of nitrogens with zero attached hydrogens (tertiary/aromatic N) is 4. The molecule has 0 fully saturated rings. The third-order valence-corrected chi connectivity index (χ3v) is 4.96. The summed E-state index contributed by atoms with van der Waals surface area (Å²) in [7, 11) is 0. The lowest BCUT2D eigenvalue weighted by atomic mass is 10.2. The van der Waals surface area contributed by atoms with Gasteiger partial charge in [0.05, 0.1) is 12.2 Å². The molecule has 0 saturated carbocycles. The predicted octanol–water partition coefficient (Wildman–Crippen LogP) is 2.22. The second-order valence-corrected chi connectivity index (χ2v) is 7.44. The molecule has 2 aromatic carbocycles. The first-order valence-electron chi connectivity index (χ1n) is 10.1. The van der Waals surface area contributed by atoms with Gasteiger partial charge in [-0.1, -0.05) is 35.9 Å². The number of nitrogens with one attached hydrogen (secondary N) is 1. The molecule has 0 aliphatic carbocycles. The van der Waals surface area contributed by atoms with Gasteiger partial charge in [0.15, 0.2) is 0 Å². The van der Waals surface area contributed by atoms with Crippen LogP contribution in [0.3, 0.4) is 0 Å². The molecule has 0 atom stereocenters. The van der Waals surface area contributed by atoms with Crippen LogP contribution in [-0.4, -0.2) is 25.2 Å². The molecule has 4 aromatic rings. The van der Waals surface area contributed by atoms with E-state index in [-0.39, 0.29) is 13.1 Å². The molecule has 0 saturated heterocycles. The minimum absolute atomic E-state index is 0.126. The number of pyridine rings is 1. The molecule has 9 heteroatoms. The lowest BCUT2D eigenvalue weighted by Gasteiger charge is -2.12. The Morgan fingerprint density at radius 2 is 1.79 bits per heavy atom. The molecule has 2 aromatic heterocycles. The van der Waals surface area contributed by atoms with Crippen LogP contribution in [0.2, 0.25) is 0 Å². The summed E-state index contributed by atoms with van der Waals surface area (Å²) in [4.78, 5) is 43.1. The molecular weight excluding hydrogens is 425 g/mol. The number of rotatable bonds is 6. The first-order valence-corrected chi connectivity index (χ1v) is 10.1. The lowest BCUT2D eigenvalue weighted by Crippen LogP contribution is -2.46. The minimum atomic E-state index is -0.865. The Morgan fingerprint density at radius 3 is 2.48 bits per heavy atom. The quantitative estimate of drug-likeness (QED) is 0.491. The summed E-state index contributed by atoms with van der Waals surface area (Å²) in [5.74, 6) is -1.24. The molecule has 0 radical (unpaired) electrons. The zero-order valence-corrected chi connectivity index (χ0v) is 17.7. The van der Waals surface area contributed by atoms with Crippen LogP contribution < -0.4 is 16.6 Å². The molecule has 166 valence electrons. The Labute approximate surface area is 188 Å². The third-order valence-electron chi connectivity index (χ3n) is 4.96. The maximum atomic E-state index is 13.7. The molecule has 0 bridgehead atoms. The van der Waals surface area contributed by atoms with Gasteiger partial charge in [0.2, 0.25) is 5.69 Å². The van der Waals surface area contributed by atoms with E-state index >= 15 is 0 Å². The number of hydrogen-bond donors (Lipinski definition) is 1. The highest BCUT2D eigenvalue weighted by Gasteiger charge is 2.20. The van der Waals surface area contributed by atoms with Crippen molar-refractivity contribution in [3.63, 3.8) is 0 Å². The molecule has 8 nitrogen and oxygen atoms in total. The monoisotopic (exact) mass is 445 g/mol. The Bertz CT molecular complexity index is 1410. The summed E-state index contributed by atoms with van der Waals surface area (Å²) in [6.45, 7) is 1.80. The van der Waals surface area contributed by atoms with Crippen molar-refractivity contribution in [1.29, 1.82) is 0 Å². The summed E-state index contributed by atoms with van der Waals surface area (Å²) < 4.78 is 15.5. The standard InChI is InChI=1S/C24H20FN5O3/c1-16-7-9-20(10-8-16)30-24(33)29(15-17-4-2-6-19(25)12-17)23(32)21(28-30)22(31)27-14-18-5-3-11-26-13-18/h2-13H,14-15H2,1H3,(H,27,31). The number of carbonyl (C=O) groups excluding carboxylic acids is 1. The van der Waals surface area contributed by atoms with Gasteiger partial charge >= 0.3 is 5.69 Å². The van der Waals surface area contributed by atoms with E-state index in [2.05, 4.69) is 15.4 Å². The van der Waals surface area contributed by atoms with Crippen molar-refractivity contribution in [3.05, 3.63) is 122 Å².